The molecule has 0 aromatic carbocycles. The van der Waals surface area contributed by atoms with E-state index < -0.39 is 11.3 Å². The monoisotopic (exact) mass is 234 g/mol. The Morgan fingerprint density at radius 1 is 1.65 bits per heavy atom. The second-order valence-electron chi connectivity index (χ2n) is 4.78. The highest BCUT2D eigenvalue weighted by Crippen LogP contribution is 2.21. The van der Waals surface area contributed by atoms with Gasteiger partial charge in [0.05, 0.1) is 11.5 Å². The predicted octanol–water partition coefficient (Wildman–Crippen LogP) is 1.48. The van der Waals surface area contributed by atoms with Crippen LogP contribution in [0.3, 0.4) is 0 Å². The van der Waals surface area contributed by atoms with Crippen LogP contribution in [0.4, 0.5) is 0 Å². The fourth-order valence-corrected chi connectivity index (χ4v) is 1.62. The molecule has 0 spiro atoms. The molecule has 0 radical (unpaired) electrons. The third kappa shape index (κ3) is 3.31. The number of carbonyl (C=O) groups is 1. The SMILES string of the molecule is CCCn1nc(C(N)=O)cc1CC(C)(C)C#N. The summed E-state index contributed by atoms with van der Waals surface area (Å²) in [5, 5.41) is 13.2. The van der Waals surface area contributed by atoms with E-state index in [4.69, 9.17) is 11.0 Å². The largest absolute Gasteiger partial charge is 0.364 e. The van der Waals surface area contributed by atoms with Gasteiger partial charge in [0.1, 0.15) is 5.69 Å². The fraction of sp³-hybridized carbons (Fsp3) is 0.583. The summed E-state index contributed by atoms with van der Waals surface area (Å²) in [6.07, 6.45) is 1.48. The van der Waals surface area contributed by atoms with Gasteiger partial charge < -0.3 is 5.73 Å². The van der Waals surface area contributed by atoms with Crippen LogP contribution in [0.5, 0.6) is 0 Å². The molecule has 1 amide bonds. The first kappa shape index (κ1) is 13.2. The summed E-state index contributed by atoms with van der Waals surface area (Å²) in [4.78, 5) is 11.1. The van der Waals surface area contributed by atoms with Gasteiger partial charge in [-0.3, -0.25) is 9.48 Å². The number of hydrogen-bond donors (Lipinski definition) is 1. The number of carbonyl (C=O) groups excluding carboxylic acids is 1. The van der Waals surface area contributed by atoms with Crippen LogP contribution in [0.2, 0.25) is 0 Å². The van der Waals surface area contributed by atoms with Crippen molar-refractivity contribution in [3.05, 3.63) is 17.5 Å². The fourth-order valence-electron chi connectivity index (χ4n) is 1.62. The number of amides is 1. The normalized spacial score (nSPS) is 11.2. The van der Waals surface area contributed by atoms with Crippen molar-refractivity contribution in [1.29, 1.82) is 5.26 Å². The van der Waals surface area contributed by atoms with Crippen LogP contribution >= 0.6 is 0 Å². The van der Waals surface area contributed by atoms with Gasteiger partial charge in [0.15, 0.2) is 0 Å². The van der Waals surface area contributed by atoms with Gasteiger partial charge in [-0.2, -0.15) is 10.4 Å². The maximum atomic E-state index is 11.1. The lowest BCUT2D eigenvalue weighted by Crippen LogP contribution is -2.16. The van der Waals surface area contributed by atoms with E-state index in [2.05, 4.69) is 11.2 Å². The average molecular weight is 234 g/mol. The second-order valence-corrected chi connectivity index (χ2v) is 4.78. The van der Waals surface area contributed by atoms with Crippen LogP contribution in [0.15, 0.2) is 6.07 Å². The lowest BCUT2D eigenvalue weighted by Gasteiger charge is -2.15. The number of nitrogens with two attached hydrogens (primary N) is 1. The van der Waals surface area contributed by atoms with Gasteiger partial charge in [-0.15, -0.1) is 0 Å². The molecule has 0 saturated heterocycles. The Labute approximate surface area is 101 Å². The molecule has 0 saturated carbocycles. The van der Waals surface area contributed by atoms with Gasteiger partial charge in [-0.1, -0.05) is 6.92 Å². The Morgan fingerprint density at radius 3 is 2.76 bits per heavy atom. The van der Waals surface area contributed by atoms with Gasteiger partial charge in [0.2, 0.25) is 0 Å². The van der Waals surface area contributed by atoms with Crippen LogP contribution in [0.25, 0.3) is 0 Å². The van der Waals surface area contributed by atoms with Crippen molar-refractivity contribution in [1.82, 2.24) is 9.78 Å². The number of nitrogens with zero attached hydrogens (tertiary/aromatic N) is 3. The average Bonchev–Trinajstić information content (AvgIpc) is 2.62. The summed E-state index contributed by atoms with van der Waals surface area (Å²) < 4.78 is 1.76. The first-order chi connectivity index (χ1) is 7.89. The van der Waals surface area contributed by atoms with Crippen LogP contribution in [-0.2, 0) is 13.0 Å². The highest BCUT2D eigenvalue weighted by atomic mass is 16.1. The van der Waals surface area contributed by atoms with Gasteiger partial charge >= 0.3 is 0 Å². The minimum absolute atomic E-state index is 0.266. The summed E-state index contributed by atoms with van der Waals surface area (Å²) in [6, 6.07) is 3.92. The molecule has 0 atom stereocenters. The zero-order chi connectivity index (χ0) is 13.1. The molecular formula is C12H18N4O. The van der Waals surface area contributed by atoms with E-state index in [-0.39, 0.29) is 5.69 Å². The van der Waals surface area contributed by atoms with E-state index >= 15 is 0 Å². The topological polar surface area (TPSA) is 84.7 Å². The molecule has 1 aromatic rings. The third-order valence-corrected chi connectivity index (χ3v) is 2.48. The summed E-state index contributed by atoms with van der Waals surface area (Å²) >= 11 is 0. The number of primary amides is 1. The number of nitriles is 1. The van der Waals surface area contributed by atoms with E-state index in [9.17, 15) is 4.79 Å². The highest BCUT2D eigenvalue weighted by molar-refractivity contribution is 5.90. The number of hydrogen-bond acceptors (Lipinski definition) is 3. The Kier molecular flexibility index (Phi) is 3.89. The molecule has 0 bridgehead atoms. The standard InChI is InChI=1S/C12H18N4O/c1-4-5-16-9(7-12(2,3)8-13)6-10(15-16)11(14)17/h6H,4-5,7H2,1-3H3,(H2,14,17). The summed E-state index contributed by atoms with van der Waals surface area (Å²) in [5.74, 6) is -0.532. The van der Waals surface area contributed by atoms with Crippen molar-refractivity contribution < 1.29 is 4.79 Å². The van der Waals surface area contributed by atoms with Crippen molar-refractivity contribution in [3.8, 4) is 6.07 Å². The minimum Gasteiger partial charge on any atom is -0.364 e. The van der Waals surface area contributed by atoms with Crippen LogP contribution in [0, 0.1) is 16.7 Å². The number of aromatic nitrogens is 2. The molecule has 92 valence electrons. The van der Waals surface area contributed by atoms with Crippen LogP contribution in [-0.4, -0.2) is 15.7 Å². The van der Waals surface area contributed by atoms with Gasteiger partial charge in [0, 0.05) is 18.7 Å². The molecular weight excluding hydrogens is 216 g/mol. The van der Waals surface area contributed by atoms with E-state index in [0.29, 0.717) is 6.42 Å². The van der Waals surface area contributed by atoms with Crippen molar-refractivity contribution in [2.24, 2.45) is 11.1 Å². The molecule has 0 fully saturated rings. The van der Waals surface area contributed by atoms with Crippen molar-refractivity contribution in [2.75, 3.05) is 0 Å². The smallest absolute Gasteiger partial charge is 0.269 e. The zero-order valence-corrected chi connectivity index (χ0v) is 10.5. The van der Waals surface area contributed by atoms with E-state index in [1.807, 2.05) is 20.8 Å². The molecule has 2 N–H and O–H groups in total. The molecule has 17 heavy (non-hydrogen) atoms. The Hall–Kier alpha value is -1.83. The maximum Gasteiger partial charge on any atom is 0.269 e. The van der Waals surface area contributed by atoms with Gasteiger partial charge in [-0.05, 0) is 26.3 Å². The van der Waals surface area contributed by atoms with E-state index in [0.717, 1.165) is 18.7 Å². The molecule has 0 unspecified atom stereocenters. The van der Waals surface area contributed by atoms with Gasteiger partial charge in [0.25, 0.3) is 5.91 Å². The first-order valence-corrected chi connectivity index (χ1v) is 5.67. The quantitative estimate of drug-likeness (QED) is 0.837. The van der Waals surface area contributed by atoms with Crippen molar-refractivity contribution in [2.45, 2.75) is 40.2 Å². The summed E-state index contributed by atoms with van der Waals surface area (Å²) in [7, 11) is 0. The number of aryl methyl sites for hydroxylation is 1. The molecule has 1 rings (SSSR count). The molecule has 0 aliphatic rings. The van der Waals surface area contributed by atoms with E-state index in [1.54, 1.807) is 10.7 Å². The molecule has 1 heterocycles. The Bertz CT molecular complexity index is 454. The maximum absolute atomic E-state index is 11.1. The first-order valence-electron chi connectivity index (χ1n) is 5.67. The van der Waals surface area contributed by atoms with Crippen LogP contribution in [0.1, 0.15) is 43.4 Å². The Balaban J connectivity index is 3.05. The lowest BCUT2D eigenvalue weighted by atomic mass is 9.89. The molecule has 0 aliphatic carbocycles. The molecule has 0 aliphatic heterocycles. The minimum atomic E-state index is -0.532. The molecule has 1 aromatic heterocycles. The summed E-state index contributed by atoms with van der Waals surface area (Å²) in [5.41, 5.74) is 5.88. The van der Waals surface area contributed by atoms with Crippen molar-refractivity contribution in [3.63, 3.8) is 0 Å². The lowest BCUT2D eigenvalue weighted by molar-refractivity contribution is 0.0994. The second kappa shape index (κ2) is 5.00. The Morgan fingerprint density at radius 2 is 2.29 bits per heavy atom. The predicted molar refractivity (Wildman–Crippen MR) is 64.1 cm³/mol. The third-order valence-electron chi connectivity index (χ3n) is 2.48. The van der Waals surface area contributed by atoms with E-state index in [1.165, 1.54) is 0 Å². The van der Waals surface area contributed by atoms with Crippen LogP contribution < -0.4 is 5.73 Å². The highest BCUT2D eigenvalue weighted by Gasteiger charge is 2.21. The summed E-state index contributed by atoms with van der Waals surface area (Å²) in [6.45, 7) is 6.48. The van der Waals surface area contributed by atoms with Crippen molar-refractivity contribution >= 4 is 5.91 Å². The molecule has 5 heteroatoms. The molecule has 5 nitrogen and oxygen atoms in total. The number of rotatable bonds is 5. The zero-order valence-electron chi connectivity index (χ0n) is 10.5. The van der Waals surface area contributed by atoms with Gasteiger partial charge in [-0.25, -0.2) is 0 Å².